The molecule has 2 aromatic rings. The SMILES string of the molecule is C=CCNC(=S)NC(=O)C=Cc1cccc2ccccc12. The van der Waals surface area contributed by atoms with E-state index in [-0.39, 0.29) is 5.91 Å². The van der Waals surface area contributed by atoms with Crippen molar-refractivity contribution in [2.45, 2.75) is 0 Å². The zero-order valence-electron chi connectivity index (χ0n) is 11.5. The third kappa shape index (κ3) is 4.26. The van der Waals surface area contributed by atoms with Crippen LogP contribution in [0, 0.1) is 0 Å². The van der Waals surface area contributed by atoms with E-state index in [0.29, 0.717) is 11.7 Å². The summed E-state index contributed by atoms with van der Waals surface area (Å²) in [6, 6.07) is 14.0. The maximum atomic E-state index is 11.8. The Hall–Kier alpha value is -2.46. The molecule has 0 radical (unpaired) electrons. The van der Waals surface area contributed by atoms with Crippen molar-refractivity contribution in [3.05, 3.63) is 66.8 Å². The Bertz CT molecular complexity index is 702. The van der Waals surface area contributed by atoms with Gasteiger partial charge in [-0.3, -0.25) is 10.1 Å². The van der Waals surface area contributed by atoms with Gasteiger partial charge in [0.05, 0.1) is 0 Å². The molecule has 0 aliphatic rings. The highest BCUT2D eigenvalue weighted by Crippen LogP contribution is 2.19. The van der Waals surface area contributed by atoms with E-state index < -0.39 is 0 Å². The third-order valence-corrected chi connectivity index (χ3v) is 3.13. The van der Waals surface area contributed by atoms with Gasteiger partial charge in [-0.2, -0.15) is 0 Å². The number of carbonyl (C=O) groups is 1. The molecular weight excluding hydrogens is 280 g/mol. The minimum atomic E-state index is -0.260. The minimum absolute atomic E-state index is 0.260. The summed E-state index contributed by atoms with van der Waals surface area (Å²) in [6.45, 7) is 4.09. The Labute approximate surface area is 129 Å². The Kier molecular flexibility index (Phi) is 5.23. The van der Waals surface area contributed by atoms with E-state index >= 15 is 0 Å². The van der Waals surface area contributed by atoms with Crippen molar-refractivity contribution in [3.63, 3.8) is 0 Å². The Morgan fingerprint density at radius 1 is 1.19 bits per heavy atom. The molecule has 0 saturated heterocycles. The van der Waals surface area contributed by atoms with Crippen LogP contribution in [0.2, 0.25) is 0 Å². The van der Waals surface area contributed by atoms with Gasteiger partial charge in [0.1, 0.15) is 0 Å². The van der Waals surface area contributed by atoms with Crippen LogP contribution in [0.3, 0.4) is 0 Å². The molecule has 0 heterocycles. The predicted octanol–water partition coefficient (Wildman–Crippen LogP) is 3.03. The number of hydrogen-bond acceptors (Lipinski definition) is 2. The van der Waals surface area contributed by atoms with Crippen LogP contribution in [0.5, 0.6) is 0 Å². The number of benzene rings is 2. The molecule has 2 rings (SSSR count). The zero-order chi connectivity index (χ0) is 15.1. The van der Waals surface area contributed by atoms with Crippen LogP contribution in [0.25, 0.3) is 16.8 Å². The lowest BCUT2D eigenvalue weighted by atomic mass is 10.0. The Morgan fingerprint density at radius 2 is 1.95 bits per heavy atom. The molecule has 2 aromatic carbocycles. The smallest absolute Gasteiger partial charge is 0.250 e. The molecular formula is C17H16N2OS. The summed E-state index contributed by atoms with van der Waals surface area (Å²) < 4.78 is 0. The van der Waals surface area contributed by atoms with Crippen molar-refractivity contribution < 1.29 is 4.79 Å². The van der Waals surface area contributed by atoms with Crippen LogP contribution in [0.1, 0.15) is 5.56 Å². The van der Waals surface area contributed by atoms with Crippen LogP contribution in [0.15, 0.2) is 61.2 Å². The van der Waals surface area contributed by atoms with Crippen molar-refractivity contribution in [3.8, 4) is 0 Å². The molecule has 0 aliphatic carbocycles. The summed E-state index contributed by atoms with van der Waals surface area (Å²) in [4.78, 5) is 11.8. The molecule has 0 unspecified atom stereocenters. The topological polar surface area (TPSA) is 41.1 Å². The van der Waals surface area contributed by atoms with E-state index in [1.165, 1.54) is 6.08 Å². The van der Waals surface area contributed by atoms with Crippen molar-refractivity contribution >= 4 is 40.1 Å². The number of hydrogen-bond donors (Lipinski definition) is 2. The highest BCUT2D eigenvalue weighted by Gasteiger charge is 2.00. The molecule has 0 aliphatic heterocycles. The molecule has 0 aromatic heterocycles. The van der Waals surface area contributed by atoms with E-state index in [1.54, 1.807) is 12.2 Å². The monoisotopic (exact) mass is 296 g/mol. The Balaban J connectivity index is 2.07. The van der Waals surface area contributed by atoms with Crippen LogP contribution in [-0.2, 0) is 4.79 Å². The molecule has 0 atom stereocenters. The maximum absolute atomic E-state index is 11.8. The van der Waals surface area contributed by atoms with Crippen LogP contribution >= 0.6 is 12.2 Å². The van der Waals surface area contributed by atoms with Gasteiger partial charge in [0.2, 0.25) is 5.91 Å². The van der Waals surface area contributed by atoms with Gasteiger partial charge in [0.25, 0.3) is 0 Å². The molecule has 1 amide bonds. The molecule has 106 valence electrons. The fourth-order valence-corrected chi connectivity index (χ4v) is 2.11. The largest absolute Gasteiger partial charge is 0.359 e. The standard InChI is InChI=1S/C17H16N2OS/c1-2-12-18-17(21)19-16(20)11-10-14-8-5-7-13-6-3-4-9-15(13)14/h2-11H,1,12H2,(H2,18,19,20,21). The maximum Gasteiger partial charge on any atom is 0.250 e. The van der Waals surface area contributed by atoms with E-state index in [1.807, 2.05) is 42.5 Å². The summed E-state index contributed by atoms with van der Waals surface area (Å²) in [7, 11) is 0. The lowest BCUT2D eigenvalue weighted by molar-refractivity contribution is -0.115. The third-order valence-electron chi connectivity index (χ3n) is 2.88. The molecule has 0 fully saturated rings. The van der Waals surface area contributed by atoms with Crippen molar-refractivity contribution in [1.29, 1.82) is 0 Å². The minimum Gasteiger partial charge on any atom is -0.359 e. The second-order valence-electron chi connectivity index (χ2n) is 4.39. The fraction of sp³-hybridized carbons (Fsp3) is 0.0588. The number of carbonyl (C=O) groups excluding carboxylic acids is 1. The average molecular weight is 296 g/mol. The van der Waals surface area contributed by atoms with Crippen molar-refractivity contribution in [2.75, 3.05) is 6.54 Å². The quantitative estimate of drug-likeness (QED) is 0.518. The summed E-state index contributed by atoms with van der Waals surface area (Å²) in [6.07, 6.45) is 4.93. The van der Waals surface area contributed by atoms with Gasteiger partial charge in [0.15, 0.2) is 5.11 Å². The molecule has 2 N–H and O–H groups in total. The van der Waals surface area contributed by atoms with E-state index in [9.17, 15) is 4.79 Å². The number of amides is 1. The van der Waals surface area contributed by atoms with E-state index in [4.69, 9.17) is 12.2 Å². The first kappa shape index (κ1) is 14.9. The lowest BCUT2D eigenvalue weighted by Gasteiger charge is -2.05. The highest BCUT2D eigenvalue weighted by atomic mass is 32.1. The van der Waals surface area contributed by atoms with Crippen molar-refractivity contribution in [2.24, 2.45) is 0 Å². The summed E-state index contributed by atoms with van der Waals surface area (Å²) >= 11 is 4.98. The molecule has 21 heavy (non-hydrogen) atoms. The van der Waals surface area contributed by atoms with Gasteiger partial charge in [0, 0.05) is 12.6 Å². The highest BCUT2D eigenvalue weighted by molar-refractivity contribution is 7.80. The molecule has 4 heteroatoms. The first-order valence-electron chi connectivity index (χ1n) is 6.56. The first-order valence-corrected chi connectivity index (χ1v) is 6.97. The van der Waals surface area contributed by atoms with Gasteiger partial charge in [-0.1, -0.05) is 48.5 Å². The zero-order valence-corrected chi connectivity index (χ0v) is 12.3. The number of rotatable bonds is 4. The van der Waals surface area contributed by atoms with Gasteiger partial charge >= 0.3 is 0 Å². The van der Waals surface area contributed by atoms with Crippen LogP contribution in [-0.4, -0.2) is 17.6 Å². The van der Waals surface area contributed by atoms with Gasteiger partial charge in [-0.25, -0.2) is 0 Å². The molecule has 3 nitrogen and oxygen atoms in total. The number of nitrogens with one attached hydrogen (secondary N) is 2. The predicted molar refractivity (Wildman–Crippen MR) is 91.9 cm³/mol. The van der Waals surface area contributed by atoms with Gasteiger partial charge in [-0.05, 0) is 34.6 Å². The second-order valence-corrected chi connectivity index (χ2v) is 4.80. The van der Waals surface area contributed by atoms with Gasteiger partial charge in [-0.15, -0.1) is 6.58 Å². The molecule has 0 saturated carbocycles. The lowest BCUT2D eigenvalue weighted by Crippen LogP contribution is -2.38. The van der Waals surface area contributed by atoms with Crippen molar-refractivity contribution in [1.82, 2.24) is 10.6 Å². The molecule has 0 bridgehead atoms. The van der Waals surface area contributed by atoms with Gasteiger partial charge < -0.3 is 5.32 Å². The number of thiocarbonyl (C=S) groups is 1. The van der Waals surface area contributed by atoms with Crippen LogP contribution < -0.4 is 10.6 Å². The summed E-state index contributed by atoms with van der Waals surface area (Å²) in [5.74, 6) is -0.260. The summed E-state index contributed by atoms with van der Waals surface area (Å²) in [5.41, 5.74) is 0.994. The first-order chi connectivity index (χ1) is 10.2. The average Bonchev–Trinajstić information content (AvgIpc) is 2.51. The molecule has 0 spiro atoms. The van der Waals surface area contributed by atoms with Crippen LogP contribution in [0.4, 0.5) is 0 Å². The fourth-order valence-electron chi connectivity index (χ4n) is 1.92. The normalized spacial score (nSPS) is 10.5. The van der Waals surface area contributed by atoms with E-state index in [2.05, 4.69) is 17.2 Å². The number of fused-ring (bicyclic) bond motifs is 1. The Morgan fingerprint density at radius 3 is 2.76 bits per heavy atom. The van der Waals surface area contributed by atoms with E-state index in [0.717, 1.165) is 16.3 Å². The summed E-state index contributed by atoms with van der Waals surface area (Å²) in [5, 5.41) is 7.96. The second kappa shape index (κ2) is 7.36.